The van der Waals surface area contributed by atoms with Crippen molar-refractivity contribution in [2.45, 2.75) is 19.4 Å². The number of hydrogen-bond acceptors (Lipinski definition) is 4. The Morgan fingerprint density at radius 2 is 1.61 bits per heavy atom. The van der Waals surface area contributed by atoms with Crippen LogP contribution in [0.4, 0.5) is 14.5 Å². The number of ketones is 1. The fraction of sp³-hybridized carbons (Fsp3) is 0.154. The van der Waals surface area contributed by atoms with E-state index in [2.05, 4.69) is 0 Å². The van der Waals surface area contributed by atoms with E-state index in [0.717, 1.165) is 24.1 Å². The number of hydrogen-bond donors (Lipinski definition) is 1. The van der Waals surface area contributed by atoms with Gasteiger partial charge in [0.25, 0.3) is 11.7 Å². The number of Topliss-reactive ketones (excluding diaryl/α,β-unsaturated/α-hetero) is 1. The van der Waals surface area contributed by atoms with Crippen LogP contribution in [-0.4, -0.2) is 23.9 Å². The van der Waals surface area contributed by atoms with E-state index in [1.165, 1.54) is 42.3 Å². The molecule has 1 aliphatic heterocycles. The molecular weight excluding hydrogens is 428 g/mol. The van der Waals surface area contributed by atoms with Gasteiger partial charge in [-0.3, -0.25) is 14.5 Å². The quantitative estimate of drug-likeness (QED) is 0.332. The van der Waals surface area contributed by atoms with Crippen molar-refractivity contribution in [2.24, 2.45) is 0 Å². The van der Waals surface area contributed by atoms with Gasteiger partial charge in [-0.15, -0.1) is 0 Å². The Labute approximate surface area is 189 Å². The Bertz CT molecular complexity index is 1250. The predicted octanol–water partition coefficient (Wildman–Crippen LogP) is 5.16. The van der Waals surface area contributed by atoms with Crippen LogP contribution in [0, 0.1) is 11.6 Å². The molecule has 0 radical (unpaired) electrons. The predicted molar refractivity (Wildman–Crippen MR) is 120 cm³/mol. The van der Waals surface area contributed by atoms with Gasteiger partial charge in [-0.25, -0.2) is 8.78 Å². The number of methoxy groups -OCH3 is 1. The number of ether oxygens (including phenoxy) is 1. The molecule has 4 rings (SSSR count). The summed E-state index contributed by atoms with van der Waals surface area (Å²) in [4.78, 5) is 27.5. The van der Waals surface area contributed by atoms with E-state index in [9.17, 15) is 23.5 Å². The van der Waals surface area contributed by atoms with Crippen molar-refractivity contribution >= 4 is 23.1 Å². The highest BCUT2D eigenvalue weighted by Gasteiger charge is 2.47. The van der Waals surface area contributed by atoms with Gasteiger partial charge in [-0.05, 0) is 60.0 Å². The fourth-order valence-corrected chi connectivity index (χ4v) is 3.96. The first-order chi connectivity index (χ1) is 15.8. The minimum absolute atomic E-state index is 0.0658. The maximum Gasteiger partial charge on any atom is 0.300 e. The molecule has 0 bridgehead atoms. The van der Waals surface area contributed by atoms with Crippen molar-refractivity contribution in [2.75, 3.05) is 12.0 Å². The van der Waals surface area contributed by atoms with Crippen LogP contribution < -0.4 is 9.64 Å². The van der Waals surface area contributed by atoms with Gasteiger partial charge in [0.1, 0.15) is 23.1 Å². The first-order valence-corrected chi connectivity index (χ1v) is 10.3. The van der Waals surface area contributed by atoms with Crippen LogP contribution in [-0.2, 0) is 16.0 Å². The lowest BCUT2D eigenvalue weighted by molar-refractivity contribution is -0.132. The Hall–Kier alpha value is -4.00. The van der Waals surface area contributed by atoms with E-state index < -0.39 is 35.1 Å². The molecule has 1 unspecified atom stereocenters. The zero-order chi connectivity index (χ0) is 23.7. The summed E-state index contributed by atoms with van der Waals surface area (Å²) in [6, 6.07) is 14.8. The Morgan fingerprint density at radius 3 is 2.21 bits per heavy atom. The highest BCUT2D eigenvalue weighted by Crippen LogP contribution is 2.43. The summed E-state index contributed by atoms with van der Waals surface area (Å²) in [6.45, 7) is 1.99. The molecule has 168 valence electrons. The number of aliphatic hydroxyl groups excluding tert-OH is 1. The van der Waals surface area contributed by atoms with Gasteiger partial charge in [0.05, 0.1) is 24.3 Å². The molecule has 1 atom stereocenters. The van der Waals surface area contributed by atoms with Crippen molar-refractivity contribution in [3.05, 3.63) is 101 Å². The van der Waals surface area contributed by atoms with Crippen LogP contribution in [0.1, 0.15) is 29.7 Å². The number of nitrogens with zero attached hydrogens (tertiary/aromatic N) is 1. The van der Waals surface area contributed by atoms with E-state index >= 15 is 0 Å². The van der Waals surface area contributed by atoms with E-state index in [0.29, 0.717) is 11.3 Å². The number of halogens is 2. The van der Waals surface area contributed by atoms with Crippen molar-refractivity contribution in [3.8, 4) is 5.75 Å². The minimum Gasteiger partial charge on any atom is -0.507 e. The average Bonchev–Trinajstić information content (AvgIpc) is 3.09. The number of carbonyl (C=O) groups excluding carboxylic acids is 2. The zero-order valence-corrected chi connectivity index (χ0v) is 18.0. The second-order valence-corrected chi connectivity index (χ2v) is 7.59. The molecule has 1 fully saturated rings. The van der Waals surface area contributed by atoms with Gasteiger partial charge in [0, 0.05) is 5.69 Å². The van der Waals surface area contributed by atoms with Crippen LogP contribution >= 0.6 is 0 Å². The molecule has 7 heteroatoms. The van der Waals surface area contributed by atoms with Crippen molar-refractivity contribution in [3.63, 3.8) is 0 Å². The Morgan fingerprint density at radius 1 is 0.970 bits per heavy atom. The van der Waals surface area contributed by atoms with Crippen LogP contribution in [0.25, 0.3) is 5.76 Å². The largest absolute Gasteiger partial charge is 0.507 e. The Kier molecular flexibility index (Phi) is 5.96. The molecule has 3 aromatic carbocycles. The first-order valence-electron chi connectivity index (χ1n) is 10.3. The summed E-state index contributed by atoms with van der Waals surface area (Å²) in [5.74, 6) is -3.38. The van der Waals surface area contributed by atoms with Gasteiger partial charge < -0.3 is 9.84 Å². The summed E-state index contributed by atoms with van der Waals surface area (Å²) in [6.07, 6.45) is 0.792. The minimum atomic E-state index is -1.05. The second kappa shape index (κ2) is 8.86. The Balaban J connectivity index is 1.96. The van der Waals surface area contributed by atoms with E-state index in [-0.39, 0.29) is 16.9 Å². The van der Waals surface area contributed by atoms with E-state index in [1.807, 2.05) is 19.1 Å². The van der Waals surface area contributed by atoms with Gasteiger partial charge in [-0.1, -0.05) is 31.2 Å². The maximum atomic E-state index is 14.0. The van der Waals surface area contributed by atoms with Crippen molar-refractivity contribution < 1.29 is 28.2 Å². The number of aliphatic hydroxyl groups is 1. The molecule has 5 nitrogen and oxygen atoms in total. The van der Waals surface area contributed by atoms with Gasteiger partial charge in [0.15, 0.2) is 0 Å². The summed E-state index contributed by atoms with van der Waals surface area (Å²) < 4.78 is 32.8. The molecule has 1 N–H and O–H groups in total. The van der Waals surface area contributed by atoms with E-state index in [4.69, 9.17) is 4.74 Å². The molecule has 0 saturated carbocycles. The lowest BCUT2D eigenvalue weighted by atomic mass is 9.94. The van der Waals surface area contributed by atoms with E-state index in [1.54, 1.807) is 12.1 Å². The maximum absolute atomic E-state index is 14.0. The summed E-state index contributed by atoms with van der Waals surface area (Å²) in [5.41, 5.74) is 1.58. The SMILES string of the molecule is CCc1ccc(N2C(=O)C(=O)/C(=C(/O)c3cc(F)ccc3OC)C2c2ccc(F)cc2)cc1. The average molecular weight is 449 g/mol. The normalized spacial score (nSPS) is 17.5. The third kappa shape index (κ3) is 3.98. The molecular formula is C26H21F2NO4. The molecule has 0 aromatic heterocycles. The summed E-state index contributed by atoms with van der Waals surface area (Å²) in [7, 11) is 1.34. The third-order valence-electron chi connectivity index (χ3n) is 5.67. The van der Waals surface area contributed by atoms with Crippen LogP contribution in [0.2, 0.25) is 0 Å². The van der Waals surface area contributed by atoms with Gasteiger partial charge >= 0.3 is 0 Å². The molecule has 1 saturated heterocycles. The topological polar surface area (TPSA) is 66.8 Å². The fourth-order valence-electron chi connectivity index (χ4n) is 3.96. The summed E-state index contributed by atoms with van der Waals surface area (Å²) in [5, 5.41) is 11.1. The van der Waals surface area contributed by atoms with Crippen LogP contribution in [0.3, 0.4) is 0 Å². The molecule has 1 heterocycles. The smallest absolute Gasteiger partial charge is 0.300 e. The number of anilines is 1. The highest BCUT2D eigenvalue weighted by atomic mass is 19.1. The highest BCUT2D eigenvalue weighted by molar-refractivity contribution is 6.51. The lowest BCUT2D eigenvalue weighted by Gasteiger charge is -2.25. The molecule has 1 aliphatic rings. The van der Waals surface area contributed by atoms with Gasteiger partial charge in [0.2, 0.25) is 0 Å². The van der Waals surface area contributed by atoms with Gasteiger partial charge in [-0.2, -0.15) is 0 Å². The molecule has 0 spiro atoms. The monoisotopic (exact) mass is 449 g/mol. The zero-order valence-electron chi connectivity index (χ0n) is 18.0. The molecule has 33 heavy (non-hydrogen) atoms. The summed E-state index contributed by atoms with van der Waals surface area (Å²) >= 11 is 0. The number of benzene rings is 3. The lowest BCUT2D eigenvalue weighted by Crippen LogP contribution is -2.29. The van der Waals surface area contributed by atoms with Crippen molar-refractivity contribution in [1.82, 2.24) is 0 Å². The standard InChI is InChI=1S/C26H21F2NO4/c1-3-15-4-11-19(12-5-15)29-23(16-6-8-17(27)9-7-16)22(25(31)26(29)32)24(30)20-14-18(28)10-13-21(20)33-2/h4-14,23,30H,3H2,1-2H3/b24-22+. The number of aryl methyl sites for hydroxylation is 1. The molecule has 0 aliphatic carbocycles. The van der Waals surface area contributed by atoms with Crippen LogP contribution in [0.15, 0.2) is 72.3 Å². The molecule has 1 amide bonds. The first kappa shape index (κ1) is 22.2. The van der Waals surface area contributed by atoms with Crippen LogP contribution in [0.5, 0.6) is 5.75 Å². The number of rotatable bonds is 5. The second-order valence-electron chi connectivity index (χ2n) is 7.59. The molecule has 3 aromatic rings. The number of carbonyl (C=O) groups is 2. The van der Waals surface area contributed by atoms with Crippen molar-refractivity contribution in [1.29, 1.82) is 0 Å². The third-order valence-corrected chi connectivity index (χ3v) is 5.67. The number of amides is 1.